The first-order chi connectivity index (χ1) is 6.13. The summed E-state index contributed by atoms with van der Waals surface area (Å²) >= 11 is 6.69. The van der Waals surface area contributed by atoms with E-state index in [4.69, 9.17) is 0 Å². The number of hydrogen-bond acceptors (Lipinski definition) is 1. The molecule has 0 fully saturated rings. The minimum absolute atomic E-state index is 0.0128. The number of carbonyl (C=O) groups excluding carboxylic acids is 1. The van der Waals surface area contributed by atoms with Gasteiger partial charge in [0.1, 0.15) is 0 Å². The summed E-state index contributed by atoms with van der Waals surface area (Å²) in [6, 6.07) is 5.65. The van der Waals surface area contributed by atoms with Gasteiger partial charge in [0.15, 0.2) is 0 Å². The molecule has 4 heteroatoms. The molecule has 0 aromatic heterocycles. The second-order valence-corrected chi connectivity index (χ2v) is 4.30. The van der Waals surface area contributed by atoms with Crippen molar-refractivity contribution < 1.29 is 4.79 Å². The maximum atomic E-state index is 11.1. The number of carbonyl (C=O) groups is 1. The van der Waals surface area contributed by atoms with Gasteiger partial charge in [-0.15, -0.1) is 0 Å². The molecule has 1 aromatic rings. The molecule has 0 saturated carbocycles. The molecule has 0 radical (unpaired) electrons. The Balaban J connectivity index is 2.87. The third kappa shape index (κ3) is 3.12. The van der Waals surface area contributed by atoms with Gasteiger partial charge in [-0.2, -0.15) is 0 Å². The van der Waals surface area contributed by atoms with Crippen molar-refractivity contribution in [2.24, 2.45) is 0 Å². The summed E-state index contributed by atoms with van der Waals surface area (Å²) in [5.74, 6) is 0.0128. The Morgan fingerprint density at radius 1 is 1.46 bits per heavy atom. The summed E-state index contributed by atoms with van der Waals surface area (Å²) in [6.07, 6.45) is 0.485. The van der Waals surface area contributed by atoms with Gasteiger partial charge in [-0.05, 0) is 34.1 Å². The average molecular weight is 307 g/mol. The van der Waals surface area contributed by atoms with Crippen LogP contribution >= 0.6 is 31.9 Å². The standard InChI is InChI=1S/C9H9Br2NO/c1-2-9(13)12-8-5-6(10)3-4-7(8)11/h3-5H,2H2,1H3,(H,12,13). The zero-order valence-corrected chi connectivity index (χ0v) is 10.3. The van der Waals surface area contributed by atoms with Crippen molar-refractivity contribution in [2.75, 3.05) is 5.32 Å². The van der Waals surface area contributed by atoms with Crippen LogP contribution in [0.4, 0.5) is 5.69 Å². The molecule has 1 rings (SSSR count). The van der Waals surface area contributed by atoms with Crippen molar-refractivity contribution >= 4 is 43.5 Å². The average Bonchev–Trinajstić information content (AvgIpc) is 2.11. The molecule has 0 spiro atoms. The van der Waals surface area contributed by atoms with Crippen LogP contribution in [0.3, 0.4) is 0 Å². The highest BCUT2D eigenvalue weighted by atomic mass is 79.9. The Morgan fingerprint density at radius 2 is 2.15 bits per heavy atom. The summed E-state index contributed by atoms with van der Waals surface area (Å²) in [6.45, 7) is 1.82. The van der Waals surface area contributed by atoms with Gasteiger partial charge in [0.2, 0.25) is 5.91 Å². The highest BCUT2D eigenvalue weighted by molar-refractivity contribution is 9.11. The molecule has 0 aliphatic carbocycles. The minimum Gasteiger partial charge on any atom is -0.325 e. The first-order valence-electron chi connectivity index (χ1n) is 3.88. The quantitative estimate of drug-likeness (QED) is 0.889. The van der Waals surface area contributed by atoms with Crippen molar-refractivity contribution in [1.29, 1.82) is 0 Å². The van der Waals surface area contributed by atoms with E-state index in [9.17, 15) is 4.79 Å². The number of amides is 1. The Hall–Kier alpha value is -0.350. The van der Waals surface area contributed by atoms with Crippen LogP contribution in [0.5, 0.6) is 0 Å². The van der Waals surface area contributed by atoms with E-state index >= 15 is 0 Å². The predicted molar refractivity (Wildman–Crippen MR) is 60.8 cm³/mol. The van der Waals surface area contributed by atoms with Gasteiger partial charge in [0.05, 0.1) is 5.69 Å². The lowest BCUT2D eigenvalue weighted by atomic mass is 10.3. The first kappa shape index (κ1) is 10.7. The summed E-state index contributed by atoms with van der Waals surface area (Å²) in [5, 5.41) is 2.78. The Kier molecular flexibility index (Phi) is 3.93. The topological polar surface area (TPSA) is 29.1 Å². The van der Waals surface area contributed by atoms with Crippen molar-refractivity contribution in [3.63, 3.8) is 0 Å². The van der Waals surface area contributed by atoms with Gasteiger partial charge in [0, 0.05) is 15.4 Å². The first-order valence-corrected chi connectivity index (χ1v) is 5.47. The molecule has 2 nitrogen and oxygen atoms in total. The Bertz CT molecular complexity index is 325. The van der Waals surface area contributed by atoms with Crippen LogP contribution in [0.2, 0.25) is 0 Å². The van der Waals surface area contributed by atoms with Crippen molar-refractivity contribution in [1.82, 2.24) is 0 Å². The zero-order valence-electron chi connectivity index (χ0n) is 7.10. The monoisotopic (exact) mass is 305 g/mol. The smallest absolute Gasteiger partial charge is 0.224 e. The SMILES string of the molecule is CCC(=O)Nc1cc(Br)ccc1Br. The molecule has 0 bridgehead atoms. The lowest BCUT2D eigenvalue weighted by molar-refractivity contribution is -0.115. The van der Waals surface area contributed by atoms with Crippen LogP contribution in [-0.4, -0.2) is 5.91 Å². The van der Waals surface area contributed by atoms with E-state index < -0.39 is 0 Å². The molecule has 1 aromatic carbocycles. The van der Waals surface area contributed by atoms with Crippen molar-refractivity contribution in [3.05, 3.63) is 27.1 Å². The van der Waals surface area contributed by atoms with E-state index in [0.717, 1.165) is 14.6 Å². The third-order valence-corrected chi connectivity index (χ3v) is 2.71. The fraction of sp³-hybridized carbons (Fsp3) is 0.222. The minimum atomic E-state index is 0.0128. The summed E-state index contributed by atoms with van der Waals surface area (Å²) in [4.78, 5) is 11.1. The molecule has 0 heterocycles. The second-order valence-electron chi connectivity index (χ2n) is 2.53. The van der Waals surface area contributed by atoms with Crippen LogP contribution < -0.4 is 5.32 Å². The lowest BCUT2D eigenvalue weighted by Gasteiger charge is -2.06. The highest BCUT2D eigenvalue weighted by Crippen LogP contribution is 2.26. The molecule has 1 N–H and O–H groups in total. The van der Waals surface area contributed by atoms with Crippen LogP contribution in [0, 0.1) is 0 Å². The summed E-state index contributed by atoms with van der Waals surface area (Å²) in [5.41, 5.74) is 0.793. The molecule has 70 valence electrons. The van der Waals surface area contributed by atoms with Gasteiger partial charge < -0.3 is 5.32 Å². The van der Waals surface area contributed by atoms with E-state index in [-0.39, 0.29) is 5.91 Å². The fourth-order valence-electron chi connectivity index (χ4n) is 0.832. The number of halogens is 2. The van der Waals surface area contributed by atoms with Gasteiger partial charge in [-0.1, -0.05) is 22.9 Å². The normalized spacial score (nSPS) is 9.77. The van der Waals surface area contributed by atoms with Gasteiger partial charge >= 0.3 is 0 Å². The van der Waals surface area contributed by atoms with E-state index in [1.807, 2.05) is 25.1 Å². The second kappa shape index (κ2) is 4.77. The molecule has 1 amide bonds. The van der Waals surface area contributed by atoms with Crippen molar-refractivity contribution in [3.8, 4) is 0 Å². The molecule has 13 heavy (non-hydrogen) atoms. The Morgan fingerprint density at radius 3 is 2.77 bits per heavy atom. The number of anilines is 1. The number of benzene rings is 1. The van der Waals surface area contributed by atoms with Crippen molar-refractivity contribution in [2.45, 2.75) is 13.3 Å². The zero-order chi connectivity index (χ0) is 9.84. The van der Waals surface area contributed by atoms with E-state index in [1.165, 1.54) is 0 Å². The van der Waals surface area contributed by atoms with Gasteiger partial charge in [-0.3, -0.25) is 4.79 Å². The molecule has 0 aliphatic rings. The molecule has 0 saturated heterocycles. The van der Waals surface area contributed by atoms with Crippen LogP contribution in [0.25, 0.3) is 0 Å². The largest absolute Gasteiger partial charge is 0.325 e. The molecule has 0 unspecified atom stereocenters. The maximum absolute atomic E-state index is 11.1. The molecular formula is C9H9Br2NO. The maximum Gasteiger partial charge on any atom is 0.224 e. The number of rotatable bonds is 2. The Labute approximate surface area is 94.0 Å². The van der Waals surface area contributed by atoms with E-state index in [0.29, 0.717) is 6.42 Å². The predicted octanol–water partition coefficient (Wildman–Crippen LogP) is 3.56. The number of hydrogen-bond donors (Lipinski definition) is 1. The van der Waals surface area contributed by atoms with Gasteiger partial charge in [0.25, 0.3) is 0 Å². The number of nitrogens with one attached hydrogen (secondary N) is 1. The van der Waals surface area contributed by atoms with Crippen LogP contribution in [-0.2, 0) is 4.79 Å². The van der Waals surface area contributed by atoms with E-state index in [1.54, 1.807) is 0 Å². The molecule has 0 aliphatic heterocycles. The van der Waals surface area contributed by atoms with E-state index in [2.05, 4.69) is 37.2 Å². The molecular weight excluding hydrogens is 298 g/mol. The third-order valence-electron chi connectivity index (χ3n) is 1.52. The lowest BCUT2D eigenvalue weighted by Crippen LogP contribution is -2.09. The fourth-order valence-corrected chi connectivity index (χ4v) is 1.54. The van der Waals surface area contributed by atoms with Gasteiger partial charge in [-0.25, -0.2) is 0 Å². The summed E-state index contributed by atoms with van der Waals surface area (Å²) in [7, 11) is 0. The molecule has 0 atom stereocenters. The highest BCUT2D eigenvalue weighted by Gasteiger charge is 2.03. The van der Waals surface area contributed by atoms with Crippen LogP contribution in [0.15, 0.2) is 27.1 Å². The van der Waals surface area contributed by atoms with Crippen LogP contribution in [0.1, 0.15) is 13.3 Å². The summed E-state index contributed by atoms with van der Waals surface area (Å²) < 4.78 is 1.83.